The zero-order valence-electron chi connectivity index (χ0n) is 96.9. The Morgan fingerprint density at radius 1 is 0.168 bits per heavy atom. The van der Waals surface area contributed by atoms with E-state index in [1.165, 1.54) is 181 Å². The van der Waals surface area contributed by atoms with Crippen molar-refractivity contribution < 1.29 is 25.5 Å². The molecule has 15 aliphatic carbocycles. The Morgan fingerprint density at radius 2 is 0.308 bits per heavy atom. The van der Waals surface area contributed by atoms with Crippen LogP contribution in [-0.2, 0) is 19.3 Å². The maximum absolute atomic E-state index is 9.38. The van der Waals surface area contributed by atoms with Gasteiger partial charge in [-0.3, -0.25) is 0 Å². The van der Waals surface area contributed by atoms with Crippen LogP contribution >= 0.6 is 35.3 Å². The first kappa shape index (κ1) is 130. The van der Waals surface area contributed by atoms with Crippen molar-refractivity contribution in [2.45, 2.75) is 449 Å². The predicted octanol–water partition coefficient (Wildman–Crippen LogP) is 43.8. The van der Waals surface area contributed by atoms with E-state index in [4.69, 9.17) is 15.3 Å². The van der Waals surface area contributed by atoms with Crippen LogP contribution in [0.4, 0.5) is 0 Å². The molecule has 143 heavy (non-hydrogen) atoms. The zero-order valence-corrected chi connectivity index (χ0v) is 99.3. The Balaban J connectivity index is 0.000000397. The summed E-state index contributed by atoms with van der Waals surface area (Å²) < 4.78 is 0. The van der Waals surface area contributed by atoms with Crippen molar-refractivity contribution in [3.8, 4) is 28.7 Å². The second-order valence-corrected chi connectivity index (χ2v) is 41.1. The quantitative estimate of drug-likeness (QED) is 0.102. The van der Waals surface area contributed by atoms with Gasteiger partial charge in [0.15, 0.2) is 0 Å². The summed E-state index contributed by atoms with van der Waals surface area (Å²) in [4.78, 5) is 8.45. The Bertz CT molecular complexity index is 3840. The maximum Gasteiger partial charge on any atom is 0.123 e. The summed E-state index contributed by atoms with van der Waals surface area (Å²) >= 11 is 5.65. The van der Waals surface area contributed by atoms with Crippen LogP contribution in [0.2, 0.25) is 0 Å². The van der Waals surface area contributed by atoms with Crippen molar-refractivity contribution in [3.63, 3.8) is 0 Å². The van der Waals surface area contributed by atoms with Gasteiger partial charge in [-0.15, -0.1) is 0 Å². The summed E-state index contributed by atoms with van der Waals surface area (Å²) in [5.74, 6) is 24.0. The van der Waals surface area contributed by atoms with Crippen LogP contribution in [0.1, 0.15) is 434 Å². The molecule has 802 valence electrons. The van der Waals surface area contributed by atoms with Crippen LogP contribution in [0.5, 0.6) is 28.7 Å². The van der Waals surface area contributed by atoms with Gasteiger partial charge in [-0.05, 0) is 380 Å². The fraction of sp³-hybridized carbons (Fsp3) is 0.615. The molecular weight excluding hydrogens is 1800 g/mol. The van der Waals surface area contributed by atoms with Crippen LogP contribution in [0.15, 0.2) is 230 Å². The Hall–Kier alpha value is -6.71. The van der Waals surface area contributed by atoms with Crippen molar-refractivity contribution >= 4 is 46.1 Å². The third-order valence-electron chi connectivity index (χ3n) is 32.1. The topological polar surface area (TPSA) is 101 Å². The zero-order chi connectivity index (χ0) is 106. The van der Waals surface area contributed by atoms with Gasteiger partial charge in [0, 0.05) is 58.3 Å². The number of hydrogen-bond donors (Lipinski definition) is 5. The lowest BCUT2D eigenvalue weighted by Gasteiger charge is -2.23. The number of hydrogen-bond acceptors (Lipinski definition) is 8. The van der Waals surface area contributed by atoms with E-state index in [0.29, 0.717) is 10.8 Å². The molecule has 3 aliphatic heterocycles. The summed E-state index contributed by atoms with van der Waals surface area (Å²) in [7, 11) is 0. The number of fused-ring (bicyclic) bond motifs is 32. The molecule has 10 bridgehead atoms. The Labute approximate surface area is 894 Å². The van der Waals surface area contributed by atoms with Gasteiger partial charge in [-0.25, -0.2) is 0 Å². The van der Waals surface area contributed by atoms with Crippen LogP contribution in [-0.4, -0.2) is 25.5 Å². The average Bonchev–Trinajstić information content (AvgIpc) is 1.63. The molecule has 9 aromatic rings. The molecule has 8 heteroatoms. The van der Waals surface area contributed by atoms with Gasteiger partial charge in [0.05, 0.1) is 0 Å². The van der Waals surface area contributed by atoms with Gasteiger partial charge < -0.3 is 25.5 Å². The maximum atomic E-state index is 9.38. The molecule has 9 aromatic carbocycles. The lowest BCUT2D eigenvalue weighted by atomic mass is 9.82. The molecule has 15 saturated carbocycles. The molecule has 5 nitrogen and oxygen atoms in total. The van der Waals surface area contributed by atoms with Crippen LogP contribution in [0.3, 0.4) is 0 Å². The average molecular weight is 2010 g/mol. The lowest BCUT2D eigenvalue weighted by Crippen LogP contribution is -2.15. The smallest absolute Gasteiger partial charge is 0.123 e. The molecule has 5 N–H and O–H groups in total. The minimum absolute atomic E-state index is 0.146. The van der Waals surface area contributed by atoms with E-state index in [9.17, 15) is 10.2 Å². The fourth-order valence-electron chi connectivity index (χ4n) is 27.4. The largest absolute Gasteiger partial charge is 0.508 e. The first-order valence-corrected chi connectivity index (χ1v) is 62.6. The molecule has 20 unspecified atom stereocenters. The number of rotatable bonds is 0. The van der Waals surface area contributed by atoms with Crippen molar-refractivity contribution in [2.75, 3.05) is 0 Å². The summed E-state index contributed by atoms with van der Waals surface area (Å²) in [5, 5.41) is 46.1. The van der Waals surface area contributed by atoms with Crippen LogP contribution in [0.25, 0.3) is 10.8 Å². The predicted molar refractivity (Wildman–Crippen MR) is 637 cm³/mol. The molecule has 0 saturated heterocycles. The molecule has 27 rings (SSSR count). The highest BCUT2D eigenvalue weighted by Gasteiger charge is 2.53. The van der Waals surface area contributed by atoms with E-state index in [1.807, 2.05) is 243 Å². The normalized spacial score (nSPS) is 26.1. The van der Waals surface area contributed by atoms with Gasteiger partial charge >= 0.3 is 0 Å². The molecule has 0 radical (unpaired) electrons. The van der Waals surface area contributed by atoms with E-state index in [2.05, 4.69) is 146 Å². The third kappa shape index (κ3) is 37.2. The van der Waals surface area contributed by atoms with Crippen LogP contribution in [0, 0.1) is 118 Å². The highest BCUT2D eigenvalue weighted by Crippen LogP contribution is 2.63. The number of phenolic OH excluding ortho intramolecular Hbond substituents is 5. The Morgan fingerprint density at radius 3 is 0.455 bits per heavy atom. The van der Waals surface area contributed by atoms with Crippen LogP contribution < -0.4 is 0 Å². The van der Waals surface area contributed by atoms with Gasteiger partial charge in [0.1, 0.15) is 28.7 Å². The van der Waals surface area contributed by atoms with E-state index < -0.39 is 0 Å². The van der Waals surface area contributed by atoms with Crippen molar-refractivity contribution in [1.82, 2.24) is 0 Å². The molecular formula is C135H214O5S3. The van der Waals surface area contributed by atoms with Crippen molar-refractivity contribution in [2.24, 2.45) is 118 Å². The van der Waals surface area contributed by atoms with E-state index >= 15 is 0 Å². The van der Waals surface area contributed by atoms with Gasteiger partial charge in [-0.1, -0.05) is 409 Å². The second-order valence-electron chi connectivity index (χ2n) is 37.8. The molecule has 0 spiro atoms. The lowest BCUT2D eigenvalue weighted by molar-refractivity contribution is 0.259. The molecule has 0 aromatic heterocycles. The molecule has 3 heterocycles. The Kier molecular flexibility index (Phi) is 69.2. The van der Waals surface area contributed by atoms with E-state index in [-0.39, 0.29) is 28.7 Å². The summed E-state index contributed by atoms with van der Waals surface area (Å²) in [6.45, 7) is 60.0. The summed E-state index contributed by atoms with van der Waals surface area (Å²) in [6, 6.07) is 65.5. The number of aromatic hydroxyl groups is 5. The van der Waals surface area contributed by atoms with Gasteiger partial charge in [-0.2, -0.15) is 0 Å². The first-order chi connectivity index (χ1) is 70.5. The van der Waals surface area contributed by atoms with Crippen molar-refractivity contribution in [1.29, 1.82) is 0 Å². The van der Waals surface area contributed by atoms with Crippen molar-refractivity contribution in [3.05, 3.63) is 234 Å². The SMILES string of the molecule is C1CC2C3CCC(C3)C2C1.C1CC2C3CCC(C3)C2C1.C1CC2C3CCC(C3)C2C1.C1CC2C3CCC(C3)C2C1.C1CC2C3CCC(C3)C2C1.CC.CC.CC.CC.CC.CC.CC.CC.CC.CC.CC.CC.CC.CC.CC.Oc1cc(O)cc(O)c1.Oc1cccc2c(O)cccc12.c1ccc2c(c1)Cc1ccccc1S2.c1ccc2c(c1)Cc1ccccc1S2.c1ccc2c(c1)Cc1ccccc1S2. The summed E-state index contributed by atoms with van der Waals surface area (Å²) in [5.41, 5.74) is 8.73. The van der Waals surface area contributed by atoms with Gasteiger partial charge in [0.2, 0.25) is 0 Å². The van der Waals surface area contributed by atoms with Gasteiger partial charge in [0.25, 0.3) is 0 Å². The molecule has 20 atom stereocenters. The highest BCUT2D eigenvalue weighted by atomic mass is 32.2. The third-order valence-corrected chi connectivity index (χ3v) is 35.9. The minimum Gasteiger partial charge on any atom is -0.508 e. The number of benzene rings is 9. The molecule has 0 amide bonds. The second kappa shape index (κ2) is 75.9. The number of phenols is 5. The fourth-order valence-corrected chi connectivity index (χ4v) is 30.6. The molecule has 18 aliphatic rings. The van der Waals surface area contributed by atoms with E-state index in [0.717, 1.165) is 37.5 Å². The monoisotopic (exact) mass is 2010 g/mol. The molecule has 15 fully saturated rings. The standard InChI is InChI=1S/3C13H10S.C10H8O2.5C10H16.C6H6O3.15C2H6/c3*1-3-7-12-10(5-1)9-11-6-2-4-8-13(11)14-12;11-9-5-1-3-7-8(9)4-2-6-10(7)12;5*1-2-9-7-4-5-8(6-7)10(9)3-1;7-4-1-5(8)3-6(9)2-4;15*1-2/h3*1-8H,9H2;1-6,11-12H;5*7-10H,1-6H2;1-3,7-9H;15*1-2H3. The highest BCUT2D eigenvalue weighted by molar-refractivity contribution is 8.00. The van der Waals surface area contributed by atoms with E-state index in [1.54, 1.807) is 229 Å². The summed E-state index contributed by atoms with van der Waals surface area (Å²) in [6.07, 6.45) is 50.9. The first-order valence-electron chi connectivity index (χ1n) is 60.1. The minimum atomic E-state index is -0.146.